The summed E-state index contributed by atoms with van der Waals surface area (Å²) in [6.45, 7) is 4.70. The molecule has 0 amide bonds. The van der Waals surface area contributed by atoms with Gasteiger partial charge in [0.15, 0.2) is 0 Å². The van der Waals surface area contributed by atoms with Gasteiger partial charge in [-0.15, -0.1) is 0 Å². The monoisotopic (exact) mass is 528 g/mol. The molecule has 206 valence electrons. The number of benzene rings is 4. The lowest BCUT2D eigenvalue weighted by atomic mass is 9.90. The van der Waals surface area contributed by atoms with E-state index in [-0.39, 0.29) is 0 Å². The summed E-state index contributed by atoms with van der Waals surface area (Å²) in [5.74, 6) is 2.80. The minimum atomic E-state index is 0.299. The molecule has 4 aromatic rings. The number of nitrogens with one attached hydrogen (secondary N) is 1. The van der Waals surface area contributed by atoms with Crippen LogP contribution in [0.2, 0.25) is 0 Å². The van der Waals surface area contributed by atoms with E-state index < -0.39 is 0 Å². The summed E-state index contributed by atoms with van der Waals surface area (Å²) in [5, 5.41) is 14.8. The quantitative estimate of drug-likeness (QED) is 0.214. The summed E-state index contributed by atoms with van der Waals surface area (Å²) >= 11 is 0. The number of nitrogens with two attached hydrogens (primary N) is 1. The Morgan fingerprint density at radius 1 is 0.872 bits per heavy atom. The van der Waals surface area contributed by atoms with E-state index >= 15 is 0 Å². The van der Waals surface area contributed by atoms with Crippen LogP contribution in [0.1, 0.15) is 41.9 Å². The minimum absolute atomic E-state index is 0.299. The van der Waals surface area contributed by atoms with Gasteiger partial charge in [0.05, 0.1) is 26.9 Å². The van der Waals surface area contributed by atoms with E-state index in [2.05, 4.69) is 29.6 Å². The standard InChI is InChI=1S/C22H29NO3.C11H11NO/c1-24-22-6-3-2-5-20(22)17-25-15-4-16-26-21-9-7-18(8-10-21)19-11-13-23-14-12-19;12-7-8-1-2-10-6-11(13)4-3-9(10)5-8/h2-3,5-10,19,23H,4,11-17H2,1H3;1-6,13H,7,12H2. The number of phenolic OH excluding ortho intramolecular Hbond substituents is 1. The number of ether oxygens (including phenoxy) is 3. The molecular formula is C33H40N2O4. The van der Waals surface area contributed by atoms with Crippen molar-refractivity contribution in [1.29, 1.82) is 0 Å². The number of hydrogen-bond acceptors (Lipinski definition) is 6. The van der Waals surface area contributed by atoms with Crippen LogP contribution < -0.4 is 20.5 Å². The van der Waals surface area contributed by atoms with Gasteiger partial charge < -0.3 is 30.4 Å². The van der Waals surface area contributed by atoms with Crippen LogP contribution in [0.5, 0.6) is 17.2 Å². The molecule has 4 aromatic carbocycles. The third-order valence-corrected chi connectivity index (χ3v) is 6.97. The summed E-state index contributed by atoms with van der Waals surface area (Å²) in [6, 6.07) is 27.8. The molecular weight excluding hydrogens is 488 g/mol. The number of methoxy groups -OCH3 is 1. The van der Waals surface area contributed by atoms with Crippen LogP contribution in [0.3, 0.4) is 0 Å². The van der Waals surface area contributed by atoms with Crippen molar-refractivity contribution in [2.45, 2.75) is 38.3 Å². The Bertz CT molecular complexity index is 1290. The molecule has 0 aromatic heterocycles. The molecule has 1 heterocycles. The first-order valence-corrected chi connectivity index (χ1v) is 13.7. The first-order chi connectivity index (χ1) is 19.2. The van der Waals surface area contributed by atoms with Crippen molar-refractivity contribution in [3.05, 3.63) is 102 Å². The summed E-state index contributed by atoms with van der Waals surface area (Å²) in [7, 11) is 1.68. The minimum Gasteiger partial charge on any atom is -0.508 e. The SMILES string of the molecule is COc1ccccc1COCCCOc1ccc(C2CCNCC2)cc1.NCc1ccc2cc(O)ccc2c1. The molecule has 6 heteroatoms. The zero-order valence-corrected chi connectivity index (χ0v) is 22.8. The van der Waals surface area contributed by atoms with E-state index in [0.717, 1.165) is 52.9 Å². The zero-order chi connectivity index (χ0) is 27.3. The largest absolute Gasteiger partial charge is 0.508 e. The van der Waals surface area contributed by atoms with Gasteiger partial charge in [0.25, 0.3) is 0 Å². The van der Waals surface area contributed by atoms with E-state index in [1.54, 1.807) is 19.2 Å². The maximum Gasteiger partial charge on any atom is 0.124 e. The van der Waals surface area contributed by atoms with Gasteiger partial charge in [-0.2, -0.15) is 0 Å². The van der Waals surface area contributed by atoms with Gasteiger partial charge in [-0.25, -0.2) is 0 Å². The summed E-state index contributed by atoms with van der Waals surface area (Å²) in [6.07, 6.45) is 3.32. The number of fused-ring (bicyclic) bond motifs is 1. The summed E-state index contributed by atoms with van der Waals surface area (Å²) in [4.78, 5) is 0. The molecule has 1 fully saturated rings. The van der Waals surface area contributed by atoms with Crippen molar-refractivity contribution in [2.24, 2.45) is 5.73 Å². The molecule has 0 spiro atoms. The molecule has 0 bridgehead atoms. The second-order valence-electron chi connectivity index (χ2n) is 9.73. The van der Waals surface area contributed by atoms with Crippen molar-refractivity contribution in [2.75, 3.05) is 33.4 Å². The second kappa shape index (κ2) is 15.1. The Morgan fingerprint density at radius 2 is 1.62 bits per heavy atom. The Labute approximate surface area is 231 Å². The Kier molecular flexibility index (Phi) is 11.0. The van der Waals surface area contributed by atoms with Crippen molar-refractivity contribution in [3.63, 3.8) is 0 Å². The van der Waals surface area contributed by atoms with Crippen LogP contribution in [-0.2, 0) is 17.9 Å². The van der Waals surface area contributed by atoms with Gasteiger partial charge >= 0.3 is 0 Å². The summed E-state index contributed by atoms with van der Waals surface area (Å²) < 4.78 is 16.9. The van der Waals surface area contributed by atoms with Crippen molar-refractivity contribution < 1.29 is 19.3 Å². The lowest BCUT2D eigenvalue weighted by molar-refractivity contribution is 0.105. The number of hydrogen-bond donors (Lipinski definition) is 3. The fourth-order valence-corrected chi connectivity index (χ4v) is 4.76. The molecule has 6 nitrogen and oxygen atoms in total. The van der Waals surface area contributed by atoms with E-state index in [1.165, 1.54) is 18.4 Å². The van der Waals surface area contributed by atoms with Crippen LogP contribution in [0, 0.1) is 0 Å². The predicted octanol–water partition coefficient (Wildman–Crippen LogP) is 6.15. The lowest BCUT2D eigenvalue weighted by Crippen LogP contribution is -2.26. The highest BCUT2D eigenvalue weighted by molar-refractivity contribution is 5.84. The van der Waals surface area contributed by atoms with Crippen LogP contribution in [0.15, 0.2) is 84.9 Å². The van der Waals surface area contributed by atoms with Crippen LogP contribution in [0.4, 0.5) is 0 Å². The highest BCUT2D eigenvalue weighted by Gasteiger charge is 2.14. The lowest BCUT2D eigenvalue weighted by Gasteiger charge is -2.23. The van der Waals surface area contributed by atoms with Gasteiger partial charge in [-0.1, -0.05) is 48.5 Å². The molecule has 4 N–H and O–H groups in total. The van der Waals surface area contributed by atoms with Gasteiger partial charge in [-0.3, -0.25) is 0 Å². The van der Waals surface area contributed by atoms with Gasteiger partial charge in [0.1, 0.15) is 17.2 Å². The van der Waals surface area contributed by atoms with E-state index in [0.29, 0.717) is 38.0 Å². The fourth-order valence-electron chi connectivity index (χ4n) is 4.76. The Morgan fingerprint density at radius 3 is 2.38 bits per heavy atom. The number of phenols is 1. The van der Waals surface area contributed by atoms with E-state index in [9.17, 15) is 5.11 Å². The molecule has 39 heavy (non-hydrogen) atoms. The first-order valence-electron chi connectivity index (χ1n) is 13.7. The highest BCUT2D eigenvalue weighted by Crippen LogP contribution is 2.27. The van der Waals surface area contributed by atoms with Crippen molar-refractivity contribution in [3.8, 4) is 17.2 Å². The Hall–Kier alpha value is -3.58. The maximum atomic E-state index is 9.23. The average molecular weight is 529 g/mol. The van der Waals surface area contributed by atoms with Gasteiger partial charge in [-0.05, 0) is 90.1 Å². The zero-order valence-electron chi connectivity index (χ0n) is 22.8. The van der Waals surface area contributed by atoms with Crippen molar-refractivity contribution >= 4 is 10.8 Å². The van der Waals surface area contributed by atoms with E-state index in [1.807, 2.05) is 48.5 Å². The maximum absolute atomic E-state index is 9.23. The normalized spacial score (nSPS) is 13.5. The number of aromatic hydroxyl groups is 1. The molecule has 5 rings (SSSR count). The van der Waals surface area contributed by atoms with Gasteiger partial charge in [0, 0.05) is 18.5 Å². The average Bonchev–Trinajstić information content (AvgIpc) is 3.00. The van der Waals surface area contributed by atoms with Crippen LogP contribution in [0.25, 0.3) is 10.8 Å². The van der Waals surface area contributed by atoms with Crippen molar-refractivity contribution in [1.82, 2.24) is 5.32 Å². The summed E-state index contributed by atoms with van der Waals surface area (Å²) in [5.41, 5.74) is 9.13. The molecule has 1 saturated heterocycles. The third-order valence-electron chi connectivity index (χ3n) is 6.97. The number of piperidine rings is 1. The second-order valence-corrected chi connectivity index (χ2v) is 9.73. The highest BCUT2D eigenvalue weighted by atomic mass is 16.5. The molecule has 0 atom stereocenters. The number of para-hydroxylation sites is 1. The molecule has 1 aliphatic rings. The molecule has 1 aliphatic heterocycles. The van der Waals surface area contributed by atoms with Crippen LogP contribution >= 0.6 is 0 Å². The number of rotatable bonds is 10. The molecule has 0 saturated carbocycles. The predicted molar refractivity (Wildman–Crippen MR) is 158 cm³/mol. The third kappa shape index (κ3) is 8.72. The topological polar surface area (TPSA) is 86.0 Å². The van der Waals surface area contributed by atoms with E-state index in [4.69, 9.17) is 19.9 Å². The molecule has 0 radical (unpaired) electrons. The molecule has 0 aliphatic carbocycles. The van der Waals surface area contributed by atoms with Crippen LogP contribution in [-0.4, -0.2) is 38.5 Å². The molecule has 0 unspecified atom stereocenters. The first kappa shape index (κ1) is 28.4. The van der Waals surface area contributed by atoms with Gasteiger partial charge in [0.2, 0.25) is 0 Å². The Balaban J connectivity index is 0.000000226. The fraction of sp³-hybridized carbons (Fsp3) is 0.333. The smallest absolute Gasteiger partial charge is 0.124 e.